The molecule has 2 nitrogen and oxygen atoms in total. The molecule has 1 N–H and O–H groups in total. The molecule has 1 amide bonds. The number of benzene rings is 1. The molecular weight excluding hydrogens is 219 g/mol. The highest BCUT2D eigenvalue weighted by molar-refractivity contribution is 5.75. The van der Waals surface area contributed by atoms with E-state index in [1.165, 1.54) is 12.1 Å². The number of nitrogens with one attached hydrogen (secondary N) is 1. The van der Waals surface area contributed by atoms with E-state index >= 15 is 0 Å². The molecule has 16 heavy (non-hydrogen) atoms. The summed E-state index contributed by atoms with van der Waals surface area (Å²) in [6.45, 7) is 1.58. The summed E-state index contributed by atoms with van der Waals surface area (Å²) >= 11 is 0. The van der Waals surface area contributed by atoms with E-state index in [9.17, 15) is 18.0 Å². The van der Waals surface area contributed by atoms with Crippen LogP contribution >= 0.6 is 0 Å². The molecule has 0 aliphatic rings. The van der Waals surface area contributed by atoms with E-state index in [0.717, 1.165) is 6.07 Å². The molecule has 1 aromatic rings. The quantitative estimate of drug-likeness (QED) is 0.848. The average molecular weight is 231 g/mol. The molecule has 0 fully saturated rings. The number of hydrogen-bond donors (Lipinski definition) is 1. The van der Waals surface area contributed by atoms with Crippen molar-refractivity contribution in [1.29, 1.82) is 0 Å². The van der Waals surface area contributed by atoms with E-state index in [0.29, 0.717) is 0 Å². The molecule has 0 aliphatic carbocycles. The van der Waals surface area contributed by atoms with Crippen LogP contribution in [0.1, 0.15) is 30.9 Å². The van der Waals surface area contributed by atoms with Gasteiger partial charge in [-0.3, -0.25) is 4.79 Å². The zero-order chi connectivity index (χ0) is 12.1. The van der Waals surface area contributed by atoms with Crippen LogP contribution < -0.4 is 5.32 Å². The van der Waals surface area contributed by atoms with Crippen LogP contribution in [0.25, 0.3) is 0 Å². The SMILES string of the molecule is CCC(=O)NCc1cccc(C(F)F)c1F. The monoisotopic (exact) mass is 231 g/mol. The van der Waals surface area contributed by atoms with E-state index < -0.39 is 17.8 Å². The summed E-state index contributed by atoms with van der Waals surface area (Å²) in [5.74, 6) is -1.20. The summed E-state index contributed by atoms with van der Waals surface area (Å²) in [5, 5.41) is 2.43. The number of halogens is 3. The first-order chi connectivity index (χ1) is 7.56. The van der Waals surface area contributed by atoms with Crippen LogP contribution in [-0.4, -0.2) is 5.91 Å². The highest BCUT2D eigenvalue weighted by Crippen LogP contribution is 2.23. The van der Waals surface area contributed by atoms with Crippen molar-refractivity contribution >= 4 is 5.91 Å². The van der Waals surface area contributed by atoms with Gasteiger partial charge in [0.1, 0.15) is 5.82 Å². The number of carbonyl (C=O) groups is 1. The lowest BCUT2D eigenvalue weighted by atomic mass is 10.1. The van der Waals surface area contributed by atoms with Gasteiger partial charge in [0, 0.05) is 18.5 Å². The normalized spacial score (nSPS) is 10.6. The van der Waals surface area contributed by atoms with Crippen molar-refractivity contribution < 1.29 is 18.0 Å². The highest BCUT2D eigenvalue weighted by atomic mass is 19.3. The molecule has 1 rings (SSSR count). The summed E-state index contributed by atoms with van der Waals surface area (Å²) in [6.07, 6.45) is -2.57. The molecule has 0 bridgehead atoms. The van der Waals surface area contributed by atoms with Gasteiger partial charge in [-0.2, -0.15) is 0 Å². The first-order valence-electron chi connectivity index (χ1n) is 4.88. The van der Waals surface area contributed by atoms with Gasteiger partial charge in [-0.25, -0.2) is 13.2 Å². The number of hydrogen-bond acceptors (Lipinski definition) is 1. The summed E-state index contributed by atoms with van der Waals surface area (Å²) in [4.78, 5) is 10.9. The smallest absolute Gasteiger partial charge is 0.266 e. The molecule has 0 atom stereocenters. The van der Waals surface area contributed by atoms with Gasteiger partial charge in [0.2, 0.25) is 5.91 Å². The maximum atomic E-state index is 13.4. The Labute approximate surface area is 91.5 Å². The predicted molar refractivity (Wildman–Crippen MR) is 53.5 cm³/mol. The zero-order valence-electron chi connectivity index (χ0n) is 8.77. The van der Waals surface area contributed by atoms with E-state index in [4.69, 9.17) is 0 Å². The molecule has 0 radical (unpaired) electrons. The number of amides is 1. The highest BCUT2D eigenvalue weighted by Gasteiger charge is 2.15. The summed E-state index contributed by atoms with van der Waals surface area (Å²) in [6, 6.07) is 3.75. The van der Waals surface area contributed by atoms with Gasteiger partial charge in [0.25, 0.3) is 6.43 Å². The van der Waals surface area contributed by atoms with Crippen molar-refractivity contribution in [2.24, 2.45) is 0 Å². The van der Waals surface area contributed by atoms with E-state index in [1.807, 2.05) is 0 Å². The Morgan fingerprint density at radius 2 is 2.12 bits per heavy atom. The number of carbonyl (C=O) groups excluding carboxylic acids is 1. The van der Waals surface area contributed by atoms with Gasteiger partial charge in [-0.05, 0) is 0 Å². The minimum atomic E-state index is -2.85. The van der Waals surface area contributed by atoms with Crippen LogP contribution in [0.2, 0.25) is 0 Å². The van der Waals surface area contributed by atoms with Crippen molar-refractivity contribution in [3.8, 4) is 0 Å². The van der Waals surface area contributed by atoms with Crippen LogP contribution in [0, 0.1) is 5.82 Å². The van der Waals surface area contributed by atoms with Gasteiger partial charge < -0.3 is 5.32 Å². The Morgan fingerprint density at radius 1 is 1.44 bits per heavy atom. The summed E-state index contributed by atoms with van der Waals surface area (Å²) in [7, 11) is 0. The third kappa shape index (κ3) is 2.98. The molecule has 5 heteroatoms. The maximum absolute atomic E-state index is 13.4. The van der Waals surface area contributed by atoms with Crippen LogP contribution in [0.3, 0.4) is 0 Å². The lowest BCUT2D eigenvalue weighted by molar-refractivity contribution is -0.120. The standard InChI is InChI=1S/C11H12F3NO/c1-2-9(16)15-6-7-4-3-5-8(10(7)12)11(13)14/h3-5,11H,2,6H2,1H3,(H,15,16). The van der Waals surface area contributed by atoms with Gasteiger partial charge in [-0.1, -0.05) is 25.1 Å². The van der Waals surface area contributed by atoms with Gasteiger partial charge in [0.05, 0.1) is 5.56 Å². The second-order valence-electron chi connectivity index (χ2n) is 3.25. The summed E-state index contributed by atoms with van der Waals surface area (Å²) < 4.78 is 38.1. The minimum Gasteiger partial charge on any atom is -0.352 e. The van der Waals surface area contributed by atoms with Crippen molar-refractivity contribution in [3.05, 3.63) is 35.1 Å². The first-order valence-corrected chi connectivity index (χ1v) is 4.88. The van der Waals surface area contributed by atoms with Crippen LogP contribution in [0.4, 0.5) is 13.2 Å². The molecule has 0 aliphatic heterocycles. The lowest BCUT2D eigenvalue weighted by Crippen LogP contribution is -2.22. The van der Waals surface area contributed by atoms with Crippen LogP contribution in [0.5, 0.6) is 0 Å². The van der Waals surface area contributed by atoms with Crippen LogP contribution in [0.15, 0.2) is 18.2 Å². The predicted octanol–water partition coefficient (Wildman–Crippen LogP) is 2.79. The largest absolute Gasteiger partial charge is 0.352 e. The maximum Gasteiger partial charge on any atom is 0.266 e. The Kier molecular flexibility index (Phi) is 4.34. The van der Waals surface area contributed by atoms with Crippen molar-refractivity contribution in [2.75, 3.05) is 0 Å². The second kappa shape index (κ2) is 5.53. The third-order valence-corrected chi connectivity index (χ3v) is 2.14. The Balaban J connectivity index is 2.81. The molecular formula is C11H12F3NO. The Morgan fingerprint density at radius 3 is 2.69 bits per heavy atom. The fraction of sp³-hybridized carbons (Fsp3) is 0.364. The lowest BCUT2D eigenvalue weighted by Gasteiger charge is -2.08. The van der Waals surface area contributed by atoms with Gasteiger partial charge in [0.15, 0.2) is 0 Å². The molecule has 0 saturated carbocycles. The second-order valence-corrected chi connectivity index (χ2v) is 3.25. The van der Waals surface area contributed by atoms with E-state index in [1.54, 1.807) is 6.92 Å². The Hall–Kier alpha value is -1.52. The molecule has 0 saturated heterocycles. The third-order valence-electron chi connectivity index (χ3n) is 2.14. The van der Waals surface area contributed by atoms with Crippen molar-refractivity contribution in [1.82, 2.24) is 5.32 Å². The van der Waals surface area contributed by atoms with Crippen molar-refractivity contribution in [2.45, 2.75) is 26.3 Å². The molecule has 0 spiro atoms. The van der Waals surface area contributed by atoms with Gasteiger partial charge >= 0.3 is 0 Å². The average Bonchev–Trinajstić information content (AvgIpc) is 2.26. The number of alkyl halides is 2. The van der Waals surface area contributed by atoms with E-state index in [2.05, 4.69) is 5.32 Å². The molecule has 1 aromatic carbocycles. The molecule has 88 valence electrons. The molecule has 0 aromatic heterocycles. The summed E-state index contributed by atoms with van der Waals surface area (Å²) in [5.41, 5.74) is -0.567. The first kappa shape index (κ1) is 12.5. The topological polar surface area (TPSA) is 29.1 Å². The van der Waals surface area contributed by atoms with Crippen molar-refractivity contribution in [3.63, 3.8) is 0 Å². The number of rotatable bonds is 4. The fourth-order valence-electron chi connectivity index (χ4n) is 1.22. The minimum absolute atomic E-state index is 0.0691. The van der Waals surface area contributed by atoms with E-state index in [-0.39, 0.29) is 24.4 Å². The zero-order valence-corrected chi connectivity index (χ0v) is 8.77. The molecule has 0 heterocycles. The van der Waals surface area contributed by atoms with Crippen LogP contribution in [-0.2, 0) is 11.3 Å². The molecule has 0 unspecified atom stereocenters. The fourth-order valence-corrected chi connectivity index (χ4v) is 1.22. The van der Waals surface area contributed by atoms with Gasteiger partial charge in [-0.15, -0.1) is 0 Å². The Bertz CT molecular complexity index is 379.